The quantitative estimate of drug-likeness (QED) is 0.262. The second-order valence-corrected chi connectivity index (χ2v) is 10.3. The molecule has 1 amide bonds. The second kappa shape index (κ2) is 10.4. The lowest BCUT2D eigenvalue weighted by molar-refractivity contribution is -0.113. The molecule has 0 spiro atoms. The summed E-state index contributed by atoms with van der Waals surface area (Å²) in [4.78, 5) is 18.2. The Hall–Kier alpha value is -3.62. The van der Waals surface area contributed by atoms with Crippen molar-refractivity contribution in [2.24, 2.45) is 0 Å². The molecule has 1 atom stereocenters. The van der Waals surface area contributed by atoms with Gasteiger partial charge in [0.2, 0.25) is 5.95 Å². The first-order valence-corrected chi connectivity index (χ1v) is 12.9. The van der Waals surface area contributed by atoms with Crippen LogP contribution in [0, 0.1) is 13.8 Å². The highest BCUT2D eigenvalue weighted by molar-refractivity contribution is 9.10. The molecule has 0 aliphatic carbocycles. The standard InChI is InChI=1S/C28H25BrClN5O2/c1-16-4-10-23(17(2)12-16)34-27(36)25-18(3)33-28-31-15-32-35(28)26(25)22-13-20(29)7-11-24(22)37-14-19-5-8-21(30)9-6-19/h4-13,15,26H,14H2,1-3H3,(H,34,36)(H,31,32,33). The maximum absolute atomic E-state index is 13.8. The zero-order chi connectivity index (χ0) is 26.1. The number of anilines is 2. The summed E-state index contributed by atoms with van der Waals surface area (Å²) in [5.74, 6) is 0.956. The molecule has 1 aliphatic rings. The van der Waals surface area contributed by atoms with E-state index in [1.165, 1.54) is 6.33 Å². The van der Waals surface area contributed by atoms with Crippen LogP contribution < -0.4 is 15.4 Å². The first-order chi connectivity index (χ1) is 17.8. The molecular formula is C28H25BrClN5O2. The Morgan fingerprint density at radius 2 is 1.89 bits per heavy atom. The summed E-state index contributed by atoms with van der Waals surface area (Å²) in [5, 5.41) is 11.4. The van der Waals surface area contributed by atoms with Gasteiger partial charge < -0.3 is 15.4 Å². The van der Waals surface area contributed by atoms with E-state index in [9.17, 15) is 4.79 Å². The number of benzene rings is 3. The fourth-order valence-corrected chi connectivity index (χ4v) is 4.93. The number of ether oxygens (including phenoxy) is 1. The Labute approximate surface area is 228 Å². The van der Waals surface area contributed by atoms with Gasteiger partial charge in [0.1, 0.15) is 24.7 Å². The first kappa shape index (κ1) is 25.0. The van der Waals surface area contributed by atoms with Gasteiger partial charge in [-0.25, -0.2) is 4.68 Å². The minimum Gasteiger partial charge on any atom is -0.489 e. The summed E-state index contributed by atoms with van der Waals surface area (Å²) in [6, 6.07) is 18.6. The van der Waals surface area contributed by atoms with Crippen molar-refractivity contribution < 1.29 is 9.53 Å². The first-order valence-electron chi connectivity index (χ1n) is 11.7. The number of halogens is 2. The number of aromatic nitrogens is 3. The third-order valence-electron chi connectivity index (χ3n) is 6.24. The molecule has 7 nitrogen and oxygen atoms in total. The molecular weight excluding hydrogens is 554 g/mol. The van der Waals surface area contributed by atoms with Gasteiger partial charge in [-0.15, -0.1) is 0 Å². The molecule has 0 saturated heterocycles. The second-order valence-electron chi connectivity index (χ2n) is 8.96. The lowest BCUT2D eigenvalue weighted by atomic mass is 9.94. The third-order valence-corrected chi connectivity index (χ3v) is 6.99. The van der Waals surface area contributed by atoms with Crippen molar-refractivity contribution in [3.05, 3.63) is 110 Å². The lowest BCUT2D eigenvalue weighted by Gasteiger charge is -2.30. The number of rotatable bonds is 6. The Balaban J connectivity index is 1.54. The maximum Gasteiger partial charge on any atom is 0.255 e. The molecule has 2 N–H and O–H groups in total. The van der Waals surface area contributed by atoms with E-state index in [1.807, 2.05) is 81.4 Å². The maximum atomic E-state index is 13.8. The molecule has 2 heterocycles. The number of fused-ring (bicyclic) bond motifs is 1. The fraction of sp³-hybridized carbons (Fsp3) is 0.179. The molecule has 37 heavy (non-hydrogen) atoms. The number of hydrogen-bond acceptors (Lipinski definition) is 5. The van der Waals surface area contributed by atoms with Crippen molar-refractivity contribution in [3.8, 4) is 5.75 Å². The number of aryl methyl sites for hydroxylation is 2. The van der Waals surface area contributed by atoms with Crippen LogP contribution in [0.5, 0.6) is 5.75 Å². The van der Waals surface area contributed by atoms with Gasteiger partial charge in [0.25, 0.3) is 5.91 Å². The predicted molar refractivity (Wildman–Crippen MR) is 149 cm³/mol. The Bertz CT molecular complexity index is 1510. The topological polar surface area (TPSA) is 81.1 Å². The number of nitrogens with one attached hydrogen (secondary N) is 2. The minimum atomic E-state index is -0.567. The number of allylic oxidation sites excluding steroid dienone is 1. The Morgan fingerprint density at radius 3 is 2.65 bits per heavy atom. The average molecular weight is 579 g/mol. The van der Waals surface area contributed by atoms with Gasteiger partial charge in [0.15, 0.2) is 0 Å². The largest absolute Gasteiger partial charge is 0.489 e. The molecule has 0 bridgehead atoms. The third kappa shape index (κ3) is 5.26. The molecule has 0 radical (unpaired) electrons. The monoisotopic (exact) mass is 577 g/mol. The Morgan fingerprint density at radius 1 is 1.11 bits per heavy atom. The highest BCUT2D eigenvalue weighted by Crippen LogP contribution is 2.40. The predicted octanol–water partition coefficient (Wildman–Crippen LogP) is 6.82. The van der Waals surface area contributed by atoms with Gasteiger partial charge in [-0.1, -0.05) is 57.4 Å². The SMILES string of the molecule is CC1=C(C(=O)Nc2ccc(C)cc2C)C(c2cc(Br)ccc2OCc2ccc(Cl)cc2)n2ncnc2N1. The number of hydrogen-bond donors (Lipinski definition) is 2. The van der Waals surface area contributed by atoms with Gasteiger partial charge in [-0.2, -0.15) is 10.1 Å². The van der Waals surface area contributed by atoms with Gasteiger partial charge in [0, 0.05) is 26.4 Å². The molecule has 188 valence electrons. The van der Waals surface area contributed by atoms with Crippen LogP contribution in [0.25, 0.3) is 0 Å². The van der Waals surface area contributed by atoms with Crippen molar-refractivity contribution in [2.75, 3.05) is 10.6 Å². The molecule has 0 fully saturated rings. The summed E-state index contributed by atoms with van der Waals surface area (Å²) >= 11 is 9.63. The summed E-state index contributed by atoms with van der Waals surface area (Å²) in [6.45, 7) is 6.21. The molecule has 1 unspecified atom stereocenters. The van der Waals surface area contributed by atoms with Crippen LogP contribution in [0.2, 0.25) is 5.02 Å². The van der Waals surface area contributed by atoms with E-state index >= 15 is 0 Å². The van der Waals surface area contributed by atoms with Gasteiger partial charge >= 0.3 is 0 Å². The van der Waals surface area contributed by atoms with E-state index in [0.29, 0.717) is 34.6 Å². The number of carbonyl (C=O) groups is 1. The van der Waals surface area contributed by atoms with Crippen molar-refractivity contribution in [1.82, 2.24) is 14.8 Å². The van der Waals surface area contributed by atoms with Crippen molar-refractivity contribution in [1.29, 1.82) is 0 Å². The Kier molecular flexibility index (Phi) is 7.04. The zero-order valence-corrected chi connectivity index (χ0v) is 22.9. The van der Waals surface area contributed by atoms with Crippen LogP contribution in [0.15, 0.2) is 82.7 Å². The molecule has 5 rings (SSSR count). The van der Waals surface area contributed by atoms with Gasteiger partial charge in [-0.05, 0) is 68.3 Å². The van der Waals surface area contributed by atoms with Crippen LogP contribution in [-0.2, 0) is 11.4 Å². The van der Waals surface area contributed by atoms with Crippen molar-refractivity contribution >= 4 is 45.1 Å². The molecule has 0 saturated carbocycles. The van der Waals surface area contributed by atoms with Crippen molar-refractivity contribution in [2.45, 2.75) is 33.4 Å². The van der Waals surface area contributed by atoms with Crippen LogP contribution >= 0.6 is 27.5 Å². The molecule has 9 heteroatoms. The smallest absolute Gasteiger partial charge is 0.255 e. The van der Waals surface area contributed by atoms with Gasteiger partial charge in [-0.3, -0.25) is 4.79 Å². The molecule has 1 aliphatic heterocycles. The fourth-order valence-electron chi connectivity index (χ4n) is 4.42. The van der Waals surface area contributed by atoms with Crippen LogP contribution in [0.3, 0.4) is 0 Å². The highest BCUT2D eigenvalue weighted by atomic mass is 79.9. The van der Waals surface area contributed by atoms with E-state index in [4.69, 9.17) is 16.3 Å². The van der Waals surface area contributed by atoms with Crippen molar-refractivity contribution in [3.63, 3.8) is 0 Å². The lowest BCUT2D eigenvalue weighted by Crippen LogP contribution is -2.32. The normalized spacial score (nSPS) is 14.7. The zero-order valence-electron chi connectivity index (χ0n) is 20.5. The van der Waals surface area contributed by atoms with E-state index < -0.39 is 6.04 Å². The van der Waals surface area contributed by atoms with E-state index in [1.54, 1.807) is 4.68 Å². The number of nitrogens with zero attached hydrogens (tertiary/aromatic N) is 3. The average Bonchev–Trinajstić information content (AvgIpc) is 3.33. The summed E-state index contributed by atoms with van der Waals surface area (Å²) in [5.41, 5.74) is 5.84. The number of carbonyl (C=O) groups excluding carboxylic acids is 1. The number of amides is 1. The summed E-state index contributed by atoms with van der Waals surface area (Å²) in [7, 11) is 0. The van der Waals surface area contributed by atoms with Crippen LogP contribution in [0.4, 0.5) is 11.6 Å². The highest BCUT2D eigenvalue weighted by Gasteiger charge is 2.35. The molecule has 4 aromatic rings. The summed E-state index contributed by atoms with van der Waals surface area (Å²) in [6.07, 6.45) is 1.47. The van der Waals surface area contributed by atoms with Crippen LogP contribution in [-0.4, -0.2) is 20.7 Å². The minimum absolute atomic E-state index is 0.230. The molecule has 3 aromatic carbocycles. The summed E-state index contributed by atoms with van der Waals surface area (Å²) < 4.78 is 8.84. The van der Waals surface area contributed by atoms with E-state index in [2.05, 4.69) is 36.6 Å². The van der Waals surface area contributed by atoms with E-state index in [-0.39, 0.29) is 5.91 Å². The molecule has 1 aromatic heterocycles. The van der Waals surface area contributed by atoms with Crippen LogP contribution in [0.1, 0.15) is 35.2 Å². The van der Waals surface area contributed by atoms with E-state index in [0.717, 1.165) is 32.4 Å². The van der Waals surface area contributed by atoms with Gasteiger partial charge in [0.05, 0.1) is 5.57 Å².